The van der Waals surface area contributed by atoms with E-state index < -0.39 is 11.5 Å². The van der Waals surface area contributed by atoms with Crippen molar-refractivity contribution in [2.45, 2.75) is 6.92 Å². The highest BCUT2D eigenvalue weighted by Crippen LogP contribution is 2.24. The van der Waals surface area contributed by atoms with E-state index in [0.717, 1.165) is 15.6 Å². The largest absolute Gasteiger partial charge is 0.328 e. The second-order valence-corrected chi connectivity index (χ2v) is 6.29. The van der Waals surface area contributed by atoms with Crippen molar-refractivity contribution in [2.24, 2.45) is 0 Å². The van der Waals surface area contributed by atoms with Crippen molar-refractivity contribution in [3.63, 3.8) is 0 Å². The number of rotatable bonds is 3. The summed E-state index contributed by atoms with van der Waals surface area (Å²) in [5, 5.41) is 2.82. The maximum atomic E-state index is 12.7. The molecule has 0 unspecified atom stereocenters. The van der Waals surface area contributed by atoms with Crippen LogP contribution in [0.2, 0.25) is 0 Å². The minimum Gasteiger partial charge on any atom is -0.328 e. The lowest BCUT2D eigenvalue weighted by Crippen LogP contribution is -2.24. The number of carbonyl (C=O) groups excluding carboxylic acids is 1. The number of hydrogen-bond acceptors (Lipinski definition) is 2. The molecule has 1 aromatic heterocycles. The van der Waals surface area contributed by atoms with Gasteiger partial charge in [-0.2, -0.15) is 0 Å². The number of H-pyrrole nitrogens is 1. The minimum atomic E-state index is -0.430. The molecular weight excluding hydrogens is 368 g/mol. The van der Waals surface area contributed by atoms with Crippen molar-refractivity contribution in [1.29, 1.82) is 0 Å². The number of carbonyl (C=O) groups is 1. The monoisotopic (exact) mass is 382 g/mol. The predicted octanol–water partition coefficient (Wildman–Crippen LogP) is 4.37. The number of halogens is 1. The number of hydrogen-bond donors (Lipinski definition) is 2. The lowest BCUT2D eigenvalue weighted by Gasteiger charge is -2.11. The Morgan fingerprint density at radius 2 is 1.83 bits per heavy atom. The van der Waals surface area contributed by atoms with Crippen LogP contribution in [-0.2, 0) is 0 Å². The van der Waals surface area contributed by atoms with Crippen LogP contribution in [0.3, 0.4) is 0 Å². The van der Waals surface area contributed by atoms with Gasteiger partial charge in [0, 0.05) is 21.9 Å². The zero-order chi connectivity index (χ0) is 17.1. The van der Waals surface area contributed by atoms with Crippen LogP contribution < -0.4 is 10.9 Å². The van der Waals surface area contributed by atoms with Crippen LogP contribution in [-0.4, -0.2) is 10.9 Å². The van der Waals surface area contributed by atoms with E-state index >= 15 is 0 Å². The van der Waals surface area contributed by atoms with Gasteiger partial charge in [0.2, 0.25) is 0 Å². The standard InChI is InChI=1S/C19H15BrN2O2/c1-12-11-14(20)7-8-16(12)22-19(24)17-15(9-10-21-18(17)23)13-5-3-2-4-6-13/h2-11H,1H3,(H,21,23)(H,22,24). The van der Waals surface area contributed by atoms with E-state index in [1.807, 2.05) is 49.4 Å². The molecule has 1 amide bonds. The maximum Gasteiger partial charge on any atom is 0.261 e. The van der Waals surface area contributed by atoms with E-state index in [9.17, 15) is 9.59 Å². The summed E-state index contributed by atoms with van der Waals surface area (Å²) in [4.78, 5) is 27.6. The first-order chi connectivity index (χ1) is 11.6. The highest BCUT2D eigenvalue weighted by Gasteiger charge is 2.17. The van der Waals surface area contributed by atoms with Crippen LogP contribution in [0.15, 0.2) is 70.1 Å². The fraction of sp³-hybridized carbons (Fsp3) is 0.0526. The van der Waals surface area contributed by atoms with Crippen molar-refractivity contribution >= 4 is 27.5 Å². The van der Waals surface area contributed by atoms with E-state index in [1.165, 1.54) is 0 Å². The zero-order valence-electron chi connectivity index (χ0n) is 13.0. The van der Waals surface area contributed by atoms with Crippen molar-refractivity contribution in [3.8, 4) is 11.1 Å². The van der Waals surface area contributed by atoms with E-state index in [2.05, 4.69) is 26.2 Å². The highest BCUT2D eigenvalue weighted by atomic mass is 79.9. The van der Waals surface area contributed by atoms with Gasteiger partial charge in [-0.1, -0.05) is 46.3 Å². The summed E-state index contributed by atoms with van der Waals surface area (Å²) in [6, 6.07) is 16.7. The molecule has 2 aromatic carbocycles. The lowest BCUT2D eigenvalue weighted by molar-refractivity contribution is 0.102. The molecule has 0 bridgehead atoms. The first kappa shape index (κ1) is 16.2. The van der Waals surface area contributed by atoms with Gasteiger partial charge in [0.05, 0.1) is 0 Å². The topological polar surface area (TPSA) is 62.0 Å². The van der Waals surface area contributed by atoms with Gasteiger partial charge in [0.1, 0.15) is 5.56 Å². The first-order valence-electron chi connectivity index (χ1n) is 7.41. The van der Waals surface area contributed by atoms with Crippen molar-refractivity contribution in [2.75, 3.05) is 5.32 Å². The maximum absolute atomic E-state index is 12.7. The molecule has 0 atom stereocenters. The lowest BCUT2D eigenvalue weighted by atomic mass is 10.0. The van der Waals surface area contributed by atoms with Gasteiger partial charge in [-0.3, -0.25) is 9.59 Å². The molecule has 0 saturated carbocycles. The van der Waals surface area contributed by atoms with Gasteiger partial charge in [-0.05, 0) is 42.3 Å². The fourth-order valence-electron chi connectivity index (χ4n) is 2.51. The molecule has 3 rings (SSSR count). The van der Waals surface area contributed by atoms with Gasteiger partial charge in [0.25, 0.3) is 11.5 Å². The average Bonchev–Trinajstić information content (AvgIpc) is 2.58. The SMILES string of the molecule is Cc1cc(Br)ccc1NC(=O)c1c(-c2ccccc2)cc[nH]c1=O. The third-order valence-electron chi connectivity index (χ3n) is 3.71. The number of amides is 1. The molecule has 0 saturated heterocycles. The second kappa shape index (κ2) is 6.84. The average molecular weight is 383 g/mol. The smallest absolute Gasteiger partial charge is 0.261 e. The molecule has 2 N–H and O–H groups in total. The van der Waals surface area contributed by atoms with Gasteiger partial charge in [-0.25, -0.2) is 0 Å². The van der Waals surface area contributed by atoms with E-state index in [4.69, 9.17) is 0 Å². The number of aromatic amines is 1. The normalized spacial score (nSPS) is 10.4. The van der Waals surface area contributed by atoms with Crippen LogP contribution in [0.5, 0.6) is 0 Å². The van der Waals surface area contributed by atoms with E-state index in [-0.39, 0.29) is 5.56 Å². The first-order valence-corrected chi connectivity index (χ1v) is 8.20. The van der Waals surface area contributed by atoms with Crippen molar-refractivity contribution < 1.29 is 4.79 Å². The van der Waals surface area contributed by atoms with E-state index in [1.54, 1.807) is 18.3 Å². The summed E-state index contributed by atoms with van der Waals surface area (Å²) in [6.45, 7) is 1.90. The highest BCUT2D eigenvalue weighted by molar-refractivity contribution is 9.10. The summed E-state index contributed by atoms with van der Waals surface area (Å²) >= 11 is 3.39. The molecule has 0 fully saturated rings. The Bertz CT molecular complexity index is 949. The zero-order valence-corrected chi connectivity index (χ0v) is 14.6. The van der Waals surface area contributed by atoms with Crippen LogP contribution in [0.4, 0.5) is 5.69 Å². The number of aromatic nitrogens is 1. The Kier molecular flexibility index (Phi) is 4.62. The van der Waals surface area contributed by atoms with Gasteiger partial charge < -0.3 is 10.3 Å². The Balaban J connectivity index is 2.03. The summed E-state index contributed by atoms with van der Waals surface area (Å²) in [5.74, 6) is -0.430. The number of benzene rings is 2. The molecule has 4 nitrogen and oxygen atoms in total. The molecule has 3 aromatic rings. The minimum absolute atomic E-state index is 0.103. The molecule has 0 aliphatic carbocycles. The molecule has 0 radical (unpaired) electrons. The number of nitrogens with one attached hydrogen (secondary N) is 2. The Labute approximate surface area is 147 Å². The summed E-state index contributed by atoms with van der Waals surface area (Å²) < 4.78 is 0.931. The fourth-order valence-corrected chi connectivity index (χ4v) is 2.99. The predicted molar refractivity (Wildman–Crippen MR) is 99.3 cm³/mol. The summed E-state index contributed by atoms with van der Waals surface area (Å²) in [6.07, 6.45) is 1.55. The third-order valence-corrected chi connectivity index (χ3v) is 4.20. The summed E-state index contributed by atoms with van der Waals surface area (Å²) in [5.41, 5.74) is 2.69. The Hall–Kier alpha value is -2.66. The molecular formula is C19H15BrN2O2. The van der Waals surface area contributed by atoms with Crippen molar-refractivity contribution in [1.82, 2.24) is 4.98 Å². The quantitative estimate of drug-likeness (QED) is 0.706. The van der Waals surface area contributed by atoms with Gasteiger partial charge in [-0.15, -0.1) is 0 Å². The van der Waals surface area contributed by atoms with Crippen LogP contribution in [0.1, 0.15) is 15.9 Å². The number of aryl methyl sites for hydroxylation is 1. The molecule has 120 valence electrons. The molecule has 0 spiro atoms. The Morgan fingerprint density at radius 3 is 2.54 bits per heavy atom. The second-order valence-electron chi connectivity index (χ2n) is 5.37. The number of anilines is 1. The van der Waals surface area contributed by atoms with Gasteiger partial charge >= 0.3 is 0 Å². The molecule has 24 heavy (non-hydrogen) atoms. The van der Waals surface area contributed by atoms with Crippen molar-refractivity contribution in [3.05, 3.63) is 86.7 Å². The van der Waals surface area contributed by atoms with Crippen LogP contribution in [0, 0.1) is 6.92 Å². The summed E-state index contributed by atoms with van der Waals surface area (Å²) in [7, 11) is 0. The van der Waals surface area contributed by atoms with Gasteiger partial charge in [0.15, 0.2) is 0 Å². The molecule has 0 aliphatic heterocycles. The van der Waals surface area contributed by atoms with E-state index in [0.29, 0.717) is 11.3 Å². The van der Waals surface area contributed by atoms with Crippen LogP contribution in [0.25, 0.3) is 11.1 Å². The van der Waals surface area contributed by atoms with Crippen LogP contribution >= 0.6 is 15.9 Å². The molecule has 0 aliphatic rings. The number of pyridine rings is 1. The third kappa shape index (κ3) is 3.31. The Morgan fingerprint density at radius 1 is 1.08 bits per heavy atom. The molecule has 5 heteroatoms. The molecule has 1 heterocycles.